The van der Waals surface area contributed by atoms with Crippen LogP contribution in [0.15, 0.2) is 18.2 Å². The zero-order valence-electron chi connectivity index (χ0n) is 11.5. The van der Waals surface area contributed by atoms with Crippen LogP contribution in [-0.4, -0.2) is 25.9 Å². The molecule has 0 aromatic heterocycles. The number of benzene rings is 1. The summed E-state index contributed by atoms with van der Waals surface area (Å²) in [4.78, 5) is 0. The fourth-order valence-corrected chi connectivity index (χ4v) is 2.43. The minimum Gasteiger partial charge on any atom is -0.486 e. The minimum atomic E-state index is 0.124. The molecule has 1 aliphatic heterocycles. The van der Waals surface area contributed by atoms with E-state index in [2.05, 4.69) is 18.3 Å². The highest BCUT2D eigenvalue weighted by molar-refractivity contribution is 6.32. The quantitative estimate of drug-likeness (QED) is 0.812. The Labute approximate surface area is 120 Å². The molecule has 19 heavy (non-hydrogen) atoms. The van der Waals surface area contributed by atoms with Crippen LogP contribution in [0.1, 0.15) is 31.7 Å². The SMILES string of the molecule is CCCNCc1cccc(Cl)c1OC1CCCOC1. The van der Waals surface area contributed by atoms with E-state index in [0.717, 1.165) is 50.3 Å². The summed E-state index contributed by atoms with van der Waals surface area (Å²) in [6, 6.07) is 5.91. The smallest absolute Gasteiger partial charge is 0.142 e. The van der Waals surface area contributed by atoms with Gasteiger partial charge in [0.1, 0.15) is 11.9 Å². The summed E-state index contributed by atoms with van der Waals surface area (Å²) in [7, 11) is 0. The number of halogens is 1. The monoisotopic (exact) mass is 283 g/mol. The Morgan fingerprint density at radius 2 is 2.37 bits per heavy atom. The topological polar surface area (TPSA) is 30.5 Å². The summed E-state index contributed by atoms with van der Waals surface area (Å²) in [5.41, 5.74) is 1.12. The van der Waals surface area contributed by atoms with Gasteiger partial charge in [0.15, 0.2) is 0 Å². The third kappa shape index (κ3) is 4.37. The predicted octanol–water partition coefficient (Wildman–Crippen LogP) is 3.40. The second kappa shape index (κ2) is 7.73. The Morgan fingerprint density at radius 1 is 1.47 bits per heavy atom. The van der Waals surface area contributed by atoms with Gasteiger partial charge in [0.05, 0.1) is 11.6 Å². The molecule has 4 heteroatoms. The van der Waals surface area contributed by atoms with Crippen molar-refractivity contribution < 1.29 is 9.47 Å². The van der Waals surface area contributed by atoms with Gasteiger partial charge in [0.25, 0.3) is 0 Å². The Bertz CT molecular complexity index is 392. The Morgan fingerprint density at radius 3 is 3.11 bits per heavy atom. The molecule has 2 rings (SSSR count). The molecule has 0 bridgehead atoms. The van der Waals surface area contributed by atoms with Gasteiger partial charge in [0, 0.05) is 18.7 Å². The Hall–Kier alpha value is -0.770. The van der Waals surface area contributed by atoms with Crippen molar-refractivity contribution in [3.8, 4) is 5.75 Å². The molecule has 1 fully saturated rings. The van der Waals surface area contributed by atoms with Crippen molar-refractivity contribution in [2.45, 2.75) is 38.8 Å². The molecule has 0 aliphatic carbocycles. The van der Waals surface area contributed by atoms with Crippen molar-refractivity contribution in [3.05, 3.63) is 28.8 Å². The van der Waals surface area contributed by atoms with Crippen LogP contribution in [0.3, 0.4) is 0 Å². The normalized spacial score (nSPS) is 19.4. The van der Waals surface area contributed by atoms with E-state index in [4.69, 9.17) is 21.1 Å². The number of ether oxygens (including phenoxy) is 2. The van der Waals surface area contributed by atoms with Gasteiger partial charge in [-0.3, -0.25) is 0 Å². The zero-order chi connectivity index (χ0) is 13.5. The number of hydrogen-bond acceptors (Lipinski definition) is 3. The molecule has 1 aromatic rings. The van der Waals surface area contributed by atoms with Crippen LogP contribution in [0.5, 0.6) is 5.75 Å². The van der Waals surface area contributed by atoms with E-state index in [1.807, 2.05) is 12.1 Å². The summed E-state index contributed by atoms with van der Waals surface area (Å²) in [6.07, 6.45) is 3.33. The molecule has 1 saturated heterocycles. The van der Waals surface area contributed by atoms with Crippen molar-refractivity contribution in [1.82, 2.24) is 5.32 Å². The Balaban J connectivity index is 2.03. The zero-order valence-corrected chi connectivity index (χ0v) is 12.2. The molecule has 0 amide bonds. The minimum absolute atomic E-state index is 0.124. The average Bonchev–Trinajstić information content (AvgIpc) is 2.44. The van der Waals surface area contributed by atoms with Crippen molar-refractivity contribution in [2.24, 2.45) is 0 Å². The van der Waals surface area contributed by atoms with Gasteiger partial charge in [-0.15, -0.1) is 0 Å². The van der Waals surface area contributed by atoms with Crippen LogP contribution >= 0.6 is 11.6 Å². The summed E-state index contributed by atoms with van der Waals surface area (Å²) >= 11 is 6.27. The standard InChI is InChI=1S/C15H22ClNO2/c1-2-8-17-10-12-5-3-7-14(16)15(12)19-13-6-4-9-18-11-13/h3,5,7,13,17H,2,4,6,8-11H2,1H3. The van der Waals surface area contributed by atoms with Gasteiger partial charge in [-0.25, -0.2) is 0 Å². The van der Waals surface area contributed by atoms with Crippen molar-refractivity contribution in [3.63, 3.8) is 0 Å². The molecule has 1 heterocycles. The first-order valence-corrected chi connectivity index (χ1v) is 7.41. The average molecular weight is 284 g/mol. The maximum Gasteiger partial charge on any atom is 0.142 e. The summed E-state index contributed by atoms with van der Waals surface area (Å²) in [5.74, 6) is 0.809. The summed E-state index contributed by atoms with van der Waals surface area (Å²) in [6.45, 7) is 5.44. The summed E-state index contributed by atoms with van der Waals surface area (Å²) < 4.78 is 11.5. The fourth-order valence-electron chi connectivity index (χ4n) is 2.20. The van der Waals surface area contributed by atoms with Gasteiger partial charge >= 0.3 is 0 Å². The van der Waals surface area contributed by atoms with Crippen molar-refractivity contribution in [1.29, 1.82) is 0 Å². The first kappa shape index (κ1) is 14.6. The van der Waals surface area contributed by atoms with E-state index in [9.17, 15) is 0 Å². The first-order chi connectivity index (χ1) is 9.31. The molecule has 0 saturated carbocycles. The number of nitrogens with one attached hydrogen (secondary N) is 1. The van der Waals surface area contributed by atoms with Gasteiger partial charge in [-0.05, 0) is 31.9 Å². The highest BCUT2D eigenvalue weighted by Gasteiger charge is 2.18. The van der Waals surface area contributed by atoms with E-state index in [1.54, 1.807) is 0 Å². The van der Waals surface area contributed by atoms with Crippen LogP contribution in [0.2, 0.25) is 5.02 Å². The molecular formula is C15H22ClNO2. The highest BCUT2D eigenvalue weighted by Crippen LogP contribution is 2.30. The Kier molecular flexibility index (Phi) is 5.95. The maximum atomic E-state index is 6.27. The lowest BCUT2D eigenvalue weighted by molar-refractivity contribution is 0.00705. The molecule has 1 N–H and O–H groups in total. The van der Waals surface area contributed by atoms with Crippen LogP contribution in [0.25, 0.3) is 0 Å². The molecule has 0 spiro atoms. The van der Waals surface area contributed by atoms with E-state index >= 15 is 0 Å². The molecule has 1 atom stereocenters. The molecule has 1 aliphatic rings. The second-order valence-corrected chi connectivity index (χ2v) is 5.27. The highest BCUT2D eigenvalue weighted by atomic mass is 35.5. The lowest BCUT2D eigenvalue weighted by Gasteiger charge is -2.25. The van der Waals surface area contributed by atoms with Crippen LogP contribution < -0.4 is 10.1 Å². The van der Waals surface area contributed by atoms with Gasteiger partial charge < -0.3 is 14.8 Å². The summed E-state index contributed by atoms with van der Waals surface area (Å²) in [5, 5.41) is 4.07. The lowest BCUT2D eigenvalue weighted by atomic mass is 10.1. The maximum absolute atomic E-state index is 6.27. The number of rotatable bonds is 6. The second-order valence-electron chi connectivity index (χ2n) is 4.86. The molecule has 1 aromatic carbocycles. The first-order valence-electron chi connectivity index (χ1n) is 7.03. The van der Waals surface area contributed by atoms with Crippen LogP contribution in [0.4, 0.5) is 0 Å². The molecule has 3 nitrogen and oxygen atoms in total. The van der Waals surface area contributed by atoms with E-state index in [1.165, 1.54) is 0 Å². The predicted molar refractivity (Wildman–Crippen MR) is 77.9 cm³/mol. The third-order valence-corrected chi connectivity index (χ3v) is 3.49. The van der Waals surface area contributed by atoms with Crippen LogP contribution in [-0.2, 0) is 11.3 Å². The van der Waals surface area contributed by atoms with E-state index in [0.29, 0.717) is 11.6 Å². The molecule has 106 valence electrons. The van der Waals surface area contributed by atoms with Crippen molar-refractivity contribution in [2.75, 3.05) is 19.8 Å². The lowest BCUT2D eigenvalue weighted by Crippen LogP contribution is -2.28. The molecular weight excluding hydrogens is 262 g/mol. The number of hydrogen-bond donors (Lipinski definition) is 1. The third-order valence-electron chi connectivity index (χ3n) is 3.19. The van der Waals surface area contributed by atoms with E-state index < -0.39 is 0 Å². The van der Waals surface area contributed by atoms with Crippen molar-refractivity contribution >= 4 is 11.6 Å². The van der Waals surface area contributed by atoms with E-state index in [-0.39, 0.29) is 6.10 Å². The van der Waals surface area contributed by atoms with Gasteiger partial charge in [0.2, 0.25) is 0 Å². The van der Waals surface area contributed by atoms with Crippen LogP contribution in [0, 0.1) is 0 Å². The molecule has 1 unspecified atom stereocenters. The molecule has 0 radical (unpaired) electrons. The largest absolute Gasteiger partial charge is 0.486 e. The van der Waals surface area contributed by atoms with Gasteiger partial charge in [-0.2, -0.15) is 0 Å². The van der Waals surface area contributed by atoms with Gasteiger partial charge in [-0.1, -0.05) is 30.7 Å². The number of para-hydroxylation sites is 1. The fraction of sp³-hybridized carbons (Fsp3) is 0.600.